The van der Waals surface area contributed by atoms with Gasteiger partial charge in [0.25, 0.3) is 5.91 Å². The van der Waals surface area contributed by atoms with Crippen LogP contribution < -0.4 is 5.32 Å². The Kier molecular flexibility index (Phi) is 4.19. The van der Waals surface area contributed by atoms with Gasteiger partial charge in [0.1, 0.15) is 0 Å². The Balaban J connectivity index is 1.45. The molecule has 0 aliphatic carbocycles. The summed E-state index contributed by atoms with van der Waals surface area (Å²) < 4.78 is 5.23. The number of amides is 1. The van der Waals surface area contributed by atoms with Crippen molar-refractivity contribution >= 4 is 16.7 Å². The van der Waals surface area contributed by atoms with E-state index in [0.717, 1.165) is 16.3 Å². The molecule has 1 amide bonds. The summed E-state index contributed by atoms with van der Waals surface area (Å²) >= 11 is 0. The predicted octanol–water partition coefficient (Wildman–Crippen LogP) is 4.13. The minimum absolute atomic E-state index is 0.175. The first-order valence-corrected chi connectivity index (χ1v) is 8.36. The van der Waals surface area contributed by atoms with Crippen molar-refractivity contribution in [1.82, 2.24) is 15.5 Å². The normalized spacial score (nSPS) is 10.8. The molecule has 128 valence electrons. The highest BCUT2D eigenvalue weighted by molar-refractivity contribution is 5.98. The van der Waals surface area contributed by atoms with Crippen LogP contribution in [0.3, 0.4) is 0 Å². The van der Waals surface area contributed by atoms with E-state index in [-0.39, 0.29) is 12.5 Å². The van der Waals surface area contributed by atoms with E-state index in [4.69, 9.17) is 4.52 Å². The SMILES string of the molecule is Cc1ccc(-c2noc(CNC(=O)c3ccc4ccccc4c3)n2)cc1. The van der Waals surface area contributed by atoms with Crippen LogP contribution in [0, 0.1) is 6.92 Å². The molecule has 0 aliphatic heterocycles. The van der Waals surface area contributed by atoms with Gasteiger partial charge in [-0.1, -0.05) is 65.3 Å². The van der Waals surface area contributed by atoms with Crippen molar-refractivity contribution in [2.75, 3.05) is 0 Å². The third-order valence-corrected chi connectivity index (χ3v) is 4.19. The maximum Gasteiger partial charge on any atom is 0.251 e. The van der Waals surface area contributed by atoms with Crippen LogP contribution in [0.5, 0.6) is 0 Å². The molecular formula is C21H17N3O2. The quantitative estimate of drug-likeness (QED) is 0.605. The van der Waals surface area contributed by atoms with Gasteiger partial charge in [-0.15, -0.1) is 0 Å². The summed E-state index contributed by atoms with van der Waals surface area (Å²) in [5, 5.41) is 8.92. The summed E-state index contributed by atoms with van der Waals surface area (Å²) in [6.45, 7) is 2.21. The Morgan fingerprint density at radius 2 is 1.77 bits per heavy atom. The molecule has 0 spiro atoms. The van der Waals surface area contributed by atoms with Crippen molar-refractivity contribution in [3.63, 3.8) is 0 Å². The zero-order chi connectivity index (χ0) is 17.9. The molecule has 1 heterocycles. The second-order valence-electron chi connectivity index (χ2n) is 6.12. The largest absolute Gasteiger partial charge is 0.343 e. The number of carbonyl (C=O) groups is 1. The third-order valence-electron chi connectivity index (χ3n) is 4.19. The standard InChI is InChI=1S/C21H17N3O2/c1-14-6-8-16(9-7-14)20-23-19(26-24-20)13-22-21(25)18-11-10-15-4-2-3-5-17(15)12-18/h2-12H,13H2,1H3,(H,22,25). The van der Waals surface area contributed by atoms with Crippen molar-refractivity contribution in [2.45, 2.75) is 13.5 Å². The number of carbonyl (C=O) groups excluding carboxylic acids is 1. The fraction of sp³-hybridized carbons (Fsp3) is 0.0952. The van der Waals surface area contributed by atoms with Crippen LogP contribution in [-0.4, -0.2) is 16.0 Å². The highest BCUT2D eigenvalue weighted by atomic mass is 16.5. The lowest BCUT2D eigenvalue weighted by atomic mass is 10.1. The van der Waals surface area contributed by atoms with E-state index in [1.165, 1.54) is 5.56 Å². The van der Waals surface area contributed by atoms with Crippen LogP contribution in [0.25, 0.3) is 22.2 Å². The number of benzene rings is 3. The van der Waals surface area contributed by atoms with E-state index >= 15 is 0 Å². The van der Waals surface area contributed by atoms with E-state index in [1.807, 2.05) is 73.7 Å². The second kappa shape index (κ2) is 6.80. The van der Waals surface area contributed by atoms with Gasteiger partial charge in [0.2, 0.25) is 11.7 Å². The molecule has 4 rings (SSSR count). The zero-order valence-corrected chi connectivity index (χ0v) is 14.3. The summed E-state index contributed by atoms with van der Waals surface area (Å²) in [4.78, 5) is 16.7. The fourth-order valence-corrected chi connectivity index (χ4v) is 2.74. The van der Waals surface area contributed by atoms with Crippen LogP contribution in [-0.2, 0) is 6.54 Å². The molecular weight excluding hydrogens is 326 g/mol. The molecule has 0 saturated heterocycles. The smallest absolute Gasteiger partial charge is 0.251 e. The van der Waals surface area contributed by atoms with E-state index in [0.29, 0.717) is 17.3 Å². The maximum absolute atomic E-state index is 12.4. The number of rotatable bonds is 4. The number of nitrogens with one attached hydrogen (secondary N) is 1. The fourth-order valence-electron chi connectivity index (χ4n) is 2.74. The van der Waals surface area contributed by atoms with Crippen molar-refractivity contribution in [2.24, 2.45) is 0 Å². The number of aromatic nitrogens is 2. The average Bonchev–Trinajstić information content (AvgIpc) is 3.15. The molecule has 5 nitrogen and oxygen atoms in total. The maximum atomic E-state index is 12.4. The molecule has 4 aromatic rings. The van der Waals surface area contributed by atoms with Crippen LogP contribution in [0.4, 0.5) is 0 Å². The van der Waals surface area contributed by atoms with Gasteiger partial charge in [-0.05, 0) is 29.8 Å². The topological polar surface area (TPSA) is 68.0 Å². The Morgan fingerprint density at radius 1 is 1.00 bits per heavy atom. The van der Waals surface area contributed by atoms with Crippen molar-refractivity contribution in [1.29, 1.82) is 0 Å². The minimum Gasteiger partial charge on any atom is -0.343 e. The lowest BCUT2D eigenvalue weighted by molar-refractivity contribution is 0.0946. The van der Waals surface area contributed by atoms with Gasteiger partial charge in [-0.2, -0.15) is 4.98 Å². The molecule has 0 bridgehead atoms. The van der Waals surface area contributed by atoms with Crippen molar-refractivity contribution in [3.8, 4) is 11.4 Å². The predicted molar refractivity (Wildman–Crippen MR) is 99.6 cm³/mol. The highest BCUT2D eigenvalue weighted by Gasteiger charge is 2.11. The van der Waals surface area contributed by atoms with Gasteiger partial charge >= 0.3 is 0 Å². The summed E-state index contributed by atoms with van der Waals surface area (Å²) in [5.74, 6) is 0.709. The number of hydrogen-bond donors (Lipinski definition) is 1. The van der Waals surface area contributed by atoms with E-state index in [1.54, 1.807) is 0 Å². The number of nitrogens with zero attached hydrogens (tertiary/aromatic N) is 2. The van der Waals surface area contributed by atoms with Crippen LogP contribution in [0.1, 0.15) is 21.8 Å². The Labute approximate surface area is 150 Å². The molecule has 0 radical (unpaired) electrons. The van der Waals surface area contributed by atoms with Gasteiger partial charge in [-0.3, -0.25) is 4.79 Å². The average molecular weight is 343 g/mol. The summed E-state index contributed by atoms with van der Waals surface area (Å²) in [7, 11) is 0. The minimum atomic E-state index is -0.175. The van der Waals surface area contributed by atoms with Crippen molar-refractivity contribution < 1.29 is 9.32 Å². The molecule has 1 N–H and O–H groups in total. The lowest BCUT2D eigenvalue weighted by Gasteiger charge is -2.04. The molecule has 0 fully saturated rings. The highest BCUT2D eigenvalue weighted by Crippen LogP contribution is 2.17. The van der Waals surface area contributed by atoms with Crippen LogP contribution >= 0.6 is 0 Å². The van der Waals surface area contributed by atoms with Crippen LogP contribution in [0.2, 0.25) is 0 Å². The number of fused-ring (bicyclic) bond motifs is 1. The monoisotopic (exact) mass is 343 g/mol. The molecule has 3 aromatic carbocycles. The Morgan fingerprint density at radius 3 is 2.58 bits per heavy atom. The number of aryl methyl sites for hydroxylation is 1. The van der Waals surface area contributed by atoms with Gasteiger partial charge in [0.05, 0.1) is 6.54 Å². The van der Waals surface area contributed by atoms with Gasteiger partial charge < -0.3 is 9.84 Å². The van der Waals surface area contributed by atoms with Gasteiger partial charge in [-0.25, -0.2) is 0 Å². The van der Waals surface area contributed by atoms with E-state index in [2.05, 4.69) is 15.5 Å². The molecule has 0 unspecified atom stereocenters. The second-order valence-corrected chi connectivity index (χ2v) is 6.12. The Hall–Kier alpha value is -3.47. The molecule has 1 aromatic heterocycles. The summed E-state index contributed by atoms with van der Waals surface area (Å²) in [6.07, 6.45) is 0. The summed E-state index contributed by atoms with van der Waals surface area (Å²) in [6, 6.07) is 21.4. The first-order chi connectivity index (χ1) is 12.7. The van der Waals surface area contributed by atoms with Crippen LogP contribution in [0.15, 0.2) is 71.3 Å². The molecule has 0 saturated carbocycles. The third kappa shape index (κ3) is 3.32. The Bertz CT molecular complexity index is 1070. The van der Waals surface area contributed by atoms with Crippen molar-refractivity contribution in [3.05, 3.63) is 83.7 Å². The molecule has 26 heavy (non-hydrogen) atoms. The lowest BCUT2D eigenvalue weighted by Crippen LogP contribution is -2.22. The van der Waals surface area contributed by atoms with Gasteiger partial charge in [0, 0.05) is 11.1 Å². The molecule has 5 heteroatoms. The first-order valence-electron chi connectivity index (χ1n) is 8.36. The zero-order valence-electron chi connectivity index (χ0n) is 14.3. The van der Waals surface area contributed by atoms with E-state index in [9.17, 15) is 4.79 Å². The van der Waals surface area contributed by atoms with Gasteiger partial charge in [0.15, 0.2) is 0 Å². The van der Waals surface area contributed by atoms with E-state index < -0.39 is 0 Å². The molecule has 0 aliphatic rings. The first kappa shape index (κ1) is 16.0. The summed E-state index contributed by atoms with van der Waals surface area (Å²) in [5.41, 5.74) is 2.65. The number of hydrogen-bond acceptors (Lipinski definition) is 4. The molecule has 0 atom stereocenters.